The standard InChI is InChI=1S/C8H12N2O2S/c1-3-13-5-6-4-10(2)7(9-6)8(11)12/h4H,3,5H2,1-2H3,(H,11,12). The SMILES string of the molecule is CCSCc1cn(C)c(C(=O)O)n1. The van der Waals surface area contributed by atoms with Crippen molar-refractivity contribution in [2.45, 2.75) is 12.7 Å². The Bertz CT molecular complexity index is 309. The lowest BCUT2D eigenvalue weighted by atomic mass is 10.6. The third-order valence-electron chi connectivity index (χ3n) is 1.57. The summed E-state index contributed by atoms with van der Waals surface area (Å²) in [5.74, 6) is 0.915. The molecule has 0 saturated heterocycles. The second-order valence-electron chi connectivity index (χ2n) is 2.61. The molecule has 1 aromatic heterocycles. The van der Waals surface area contributed by atoms with E-state index in [2.05, 4.69) is 11.9 Å². The van der Waals surface area contributed by atoms with Crippen LogP contribution in [0.15, 0.2) is 6.20 Å². The van der Waals surface area contributed by atoms with Crippen molar-refractivity contribution < 1.29 is 9.90 Å². The van der Waals surface area contributed by atoms with Gasteiger partial charge in [0.15, 0.2) is 0 Å². The smallest absolute Gasteiger partial charge is 0.372 e. The van der Waals surface area contributed by atoms with E-state index in [1.807, 2.05) is 0 Å². The van der Waals surface area contributed by atoms with Crippen molar-refractivity contribution in [1.29, 1.82) is 0 Å². The summed E-state index contributed by atoms with van der Waals surface area (Å²) in [6.07, 6.45) is 1.76. The highest BCUT2D eigenvalue weighted by atomic mass is 32.2. The quantitative estimate of drug-likeness (QED) is 0.797. The van der Waals surface area contributed by atoms with E-state index in [9.17, 15) is 4.79 Å². The number of rotatable bonds is 4. The third kappa shape index (κ3) is 2.48. The molecule has 0 aliphatic carbocycles. The molecule has 1 heterocycles. The second-order valence-corrected chi connectivity index (χ2v) is 3.88. The summed E-state index contributed by atoms with van der Waals surface area (Å²) in [4.78, 5) is 14.6. The molecule has 1 rings (SSSR count). The average Bonchev–Trinajstić information content (AvgIpc) is 2.43. The van der Waals surface area contributed by atoms with Crippen LogP contribution in [-0.4, -0.2) is 26.4 Å². The Hall–Kier alpha value is -0.970. The zero-order chi connectivity index (χ0) is 9.84. The minimum Gasteiger partial charge on any atom is -0.475 e. The number of hydrogen-bond donors (Lipinski definition) is 1. The number of carboxylic acids is 1. The summed E-state index contributed by atoms with van der Waals surface area (Å²) in [6, 6.07) is 0. The highest BCUT2D eigenvalue weighted by Gasteiger charge is 2.11. The number of aromatic carboxylic acids is 1. The maximum atomic E-state index is 10.6. The average molecular weight is 200 g/mol. The molecule has 0 spiro atoms. The summed E-state index contributed by atoms with van der Waals surface area (Å²) in [6.45, 7) is 2.06. The van der Waals surface area contributed by atoms with Crippen LogP contribution < -0.4 is 0 Å². The molecule has 4 nitrogen and oxygen atoms in total. The lowest BCUT2D eigenvalue weighted by Gasteiger charge is -1.90. The highest BCUT2D eigenvalue weighted by Crippen LogP contribution is 2.10. The number of thioether (sulfide) groups is 1. The van der Waals surface area contributed by atoms with E-state index in [-0.39, 0.29) is 5.82 Å². The van der Waals surface area contributed by atoms with Crippen LogP contribution in [0.5, 0.6) is 0 Å². The van der Waals surface area contributed by atoms with Crippen LogP contribution in [0.2, 0.25) is 0 Å². The van der Waals surface area contributed by atoms with E-state index in [1.54, 1.807) is 25.0 Å². The first-order valence-electron chi connectivity index (χ1n) is 3.98. The van der Waals surface area contributed by atoms with Crippen molar-refractivity contribution in [1.82, 2.24) is 9.55 Å². The molecule has 0 aliphatic rings. The van der Waals surface area contributed by atoms with Gasteiger partial charge in [-0.25, -0.2) is 9.78 Å². The van der Waals surface area contributed by atoms with Crippen molar-refractivity contribution in [3.63, 3.8) is 0 Å². The number of aryl methyl sites for hydroxylation is 1. The van der Waals surface area contributed by atoms with Crippen LogP contribution >= 0.6 is 11.8 Å². The fourth-order valence-electron chi connectivity index (χ4n) is 1.00. The Labute approximate surface area is 81.0 Å². The van der Waals surface area contributed by atoms with Crippen LogP contribution in [0.25, 0.3) is 0 Å². The predicted molar refractivity (Wildman–Crippen MR) is 52.0 cm³/mol. The van der Waals surface area contributed by atoms with E-state index in [0.717, 1.165) is 17.2 Å². The number of aromatic nitrogens is 2. The second kappa shape index (κ2) is 4.32. The number of carbonyl (C=O) groups is 1. The minimum absolute atomic E-state index is 0.103. The largest absolute Gasteiger partial charge is 0.475 e. The molecular weight excluding hydrogens is 188 g/mol. The lowest BCUT2D eigenvalue weighted by molar-refractivity contribution is 0.0679. The molecule has 0 atom stereocenters. The van der Waals surface area contributed by atoms with Gasteiger partial charge in [-0.15, -0.1) is 0 Å². The Balaban J connectivity index is 2.76. The monoisotopic (exact) mass is 200 g/mol. The Morgan fingerprint density at radius 3 is 2.92 bits per heavy atom. The Morgan fingerprint density at radius 1 is 1.77 bits per heavy atom. The van der Waals surface area contributed by atoms with E-state index < -0.39 is 5.97 Å². The molecule has 0 aliphatic heterocycles. The summed E-state index contributed by atoms with van der Waals surface area (Å²) in [7, 11) is 1.69. The number of nitrogens with zero attached hydrogens (tertiary/aromatic N) is 2. The van der Waals surface area contributed by atoms with Crippen LogP contribution in [0, 0.1) is 0 Å². The maximum absolute atomic E-state index is 10.6. The predicted octanol–water partition coefficient (Wildman–Crippen LogP) is 1.37. The van der Waals surface area contributed by atoms with E-state index in [0.29, 0.717) is 0 Å². The van der Waals surface area contributed by atoms with Gasteiger partial charge >= 0.3 is 5.97 Å². The van der Waals surface area contributed by atoms with Gasteiger partial charge in [0.25, 0.3) is 0 Å². The van der Waals surface area contributed by atoms with Gasteiger partial charge < -0.3 is 9.67 Å². The molecule has 0 saturated carbocycles. The number of imidazole rings is 1. The van der Waals surface area contributed by atoms with Crippen LogP contribution in [0.1, 0.15) is 23.2 Å². The first-order valence-corrected chi connectivity index (χ1v) is 5.14. The fourth-order valence-corrected chi connectivity index (χ4v) is 1.56. The summed E-state index contributed by atoms with van der Waals surface area (Å²) < 4.78 is 1.54. The van der Waals surface area contributed by atoms with Gasteiger partial charge in [0.05, 0.1) is 5.69 Å². The van der Waals surface area contributed by atoms with Crippen molar-refractivity contribution in [2.24, 2.45) is 7.05 Å². The molecule has 1 N–H and O–H groups in total. The molecular formula is C8H12N2O2S. The molecule has 0 fully saturated rings. The first-order chi connectivity index (χ1) is 6.15. The normalized spacial score (nSPS) is 10.3. The van der Waals surface area contributed by atoms with Crippen LogP contribution in [0.4, 0.5) is 0 Å². The summed E-state index contributed by atoms with van der Waals surface area (Å²) >= 11 is 1.73. The van der Waals surface area contributed by atoms with Gasteiger partial charge in [0.1, 0.15) is 0 Å². The molecule has 0 aromatic carbocycles. The molecule has 13 heavy (non-hydrogen) atoms. The van der Waals surface area contributed by atoms with Crippen molar-refractivity contribution >= 4 is 17.7 Å². The molecule has 0 amide bonds. The molecule has 1 aromatic rings. The van der Waals surface area contributed by atoms with Crippen LogP contribution in [0.3, 0.4) is 0 Å². The molecule has 5 heteroatoms. The van der Waals surface area contributed by atoms with Gasteiger partial charge in [-0.05, 0) is 5.75 Å². The molecule has 0 radical (unpaired) electrons. The van der Waals surface area contributed by atoms with Crippen molar-refractivity contribution in [3.05, 3.63) is 17.7 Å². The lowest BCUT2D eigenvalue weighted by Crippen LogP contribution is -2.05. The minimum atomic E-state index is -0.977. The Morgan fingerprint density at radius 2 is 2.46 bits per heavy atom. The molecule has 72 valence electrons. The zero-order valence-corrected chi connectivity index (χ0v) is 8.47. The topological polar surface area (TPSA) is 55.1 Å². The van der Waals surface area contributed by atoms with Crippen molar-refractivity contribution in [2.75, 3.05) is 5.75 Å². The number of carboxylic acid groups (broad SMARTS) is 1. The van der Waals surface area contributed by atoms with Gasteiger partial charge in [-0.1, -0.05) is 6.92 Å². The molecule has 0 bridgehead atoms. The highest BCUT2D eigenvalue weighted by molar-refractivity contribution is 7.98. The van der Waals surface area contributed by atoms with Crippen molar-refractivity contribution in [3.8, 4) is 0 Å². The fraction of sp³-hybridized carbons (Fsp3) is 0.500. The van der Waals surface area contributed by atoms with Gasteiger partial charge in [0, 0.05) is 19.0 Å². The first kappa shape index (κ1) is 10.1. The van der Waals surface area contributed by atoms with E-state index >= 15 is 0 Å². The summed E-state index contributed by atoms with van der Waals surface area (Å²) in [5, 5.41) is 8.71. The van der Waals surface area contributed by atoms with Gasteiger partial charge in [-0.2, -0.15) is 11.8 Å². The van der Waals surface area contributed by atoms with Gasteiger partial charge in [0.2, 0.25) is 5.82 Å². The van der Waals surface area contributed by atoms with Gasteiger partial charge in [-0.3, -0.25) is 0 Å². The molecule has 0 unspecified atom stereocenters. The maximum Gasteiger partial charge on any atom is 0.372 e. The third-order valence-corrected chi connectivity index (χ3v) is 2.48. The number of hydrogen-bond acceptors (Lipinski definition) is 3. The van der Waals surface area contributed by atoms with E-state index in [4.69, 9.17) is 5.11 Å². The van der Waals surface area contributed by atoms with E-state index in [1.165, 1.54) is 4.57 Å². The summed E-state index contributed by atoms with van der Waals surface area (Å²) in [5.41, 5.74) is 0.826. The van der Waals surface area contributed by atoms with Crippen LogP contribution in [-0.2, 0) is 12.8 Å². The Kier molecular flexibility index (Phi) is 3.36. The zero-order valence-electron chi connectivity index (χ0n) is 7.65.